The molecule has 0 spiro atoms. The molecule has 1 rings (SSSR count). The highest BCUT2D eigenvalue weighted by atomic mass is 32.2. The number of aliphatic hydroxyl groups excluding tert-OH is 1. The van der Waals surface area contributed by atoms with Gasteiger partial charge in [-0.2, -0.15) is 13.2 Å². The van der Waals surface area contributed by atoms with Gasteiger partial charge in [0.05, 0.1) is 12.2 Å². The Labute approximate surface area is 137 Å². The molecule has 1 amide bonds. The SMILES string of the molecule is C=CCSc1ccccc1NC(=O)CN(C)CC(O)C(F)(F)F. The van der Waals surface area contributed by atoms with Crippen molar-refractivity contribution in [1.82, 2.24) is 4.90 Å². The summed E-state index contributed by atoms with van der Waals surface area (Å²) in [6.45, 7) is 2.70. The average molecular weight is 348 g/mol. The normalized spacial score (nSPS) is 13.0. The molecule has 4 nitrogen and oxygen atoms in total. The first-order valence-corrected chi connectivity index (χ1v) is 7.78. The topological polar surface area (TPSA) is 52.6 Å². The van der Waals surface area contributed by atoms with Crippen molar-refractivity contribution < 1.29 is 23.1 Å². The summed E-state index contributed by atoms with van der Waals surface area (Å²) >= 11 is 1.49. The summed E-state index contributed by atoms with van der Waals surface area (Å²) < 4.78 is 36.8. The Morgan fingerprint density at radius 3 is 2.74 bits per heavy atom. The molecule has 23 heavy (non-hydrogen) atoms. The first kappa shape index (κ1) is 19.5. The van der Waals surface area contributed by atoms with Crippen LogP contribution in [0.1, 0.15) is 0 Å². The smallest absolute Gasteiger partial charge is 0.382 e. The fourth-order valence-corrected chi connectivity index (χ4v) is 2.49. The van der Waals surface area contributed by atoms with Crippen LogP contribution in [-0.2, 0) is 4.79 Å². The number of halogens is 3. The molecule has 0 bridgehead atoms. The second-order valence-corrected chi connectivity index (χ2v) is 5.96. The predicted octanol–water partition coefficient (Wildman–Crippen LogP) is 2.76. The van der Waals surface area contributed by atoms with Crippen molar-refractivity contribution in [3.05, 3.63) is 36.9 Å². The summed E-state index contributed by atoms with van der Waals surface area (Å²) in [5.41, 5.74) is 0.592. The van der Waals surface area contributed by atoms with Gasteiger partial charge in [0.1, 0.15) is 0 Å². The number of aliphatic hydroxyl groups is 1. The maximum absolute atomic E-state index is 12.3. The van der Waals surface area contributed by atoms with Gasteiger partial charge in [0.25, 0.3) is 0 Å². The number of anilines is 1. The third-order valence-electron chi connectivity index (χ3n) is 2.79. The van der Waals surface area contributed by atoms with Gasteiger partial charge >= 0.3 is 6.18 Å². The van der Waals surface area contributed by atoms with Crippen LogP contribution in [0.15, 0.2) is 41.8 Å². The van der Waals surface area contributed by atoms with Crippen molar-refractivity contribution in [1.29, 1.82) is 0 Å². The molecule has 0 saturated heterocycles. The number of hydrogen-bond donors (Lipinski definition) is 2. The average Bonchev–Trinajstić information content (AvgIpc) is 2.45. The van der Waals surface area contributed by atoms with E-state index in [0.29, 0.717) is 11.4 Å². The first-order valence-electron chi connectivity index (χ1n) is 6.80. The fourth-order valence-electron chi connectivity index (χ4n) is 1.74. The molecule has 0 aliphatic heterocycles. The quantitative estimate of drug-likeness (QED) is 0.560. The molecule has 0 heterocycles. The second kappa shape index (κ2) is 8.95. The van der Waals surface area contributed by atoms with E-state index in [4.69, 9.17) is 5.11 Å². The monoisotopic (exact) mass is 348 g/mol. The summed E-state index contributed by atoms with van der Waals surface area (Å²) in [7, 11) is 1.34. The van der Waals surface area contributed by atoms with Crippen LogP contribution in [0.4, 0.5) is 18.9 Å². The summed E-state index contributed by atoms with van der Waals surface area (Å²) in [5, 5.41) is 11.7. The third kappa shape index (κ3) is 7.06. The Hall–Kier alpha value is -1.51. The number of carbonyl (C=O) groups excluding carboxylic acids is 1. The van der Waals surface area contributed by atoms with Crippen LogP contribution in [0.3, 0.4) is 0 Å². The molecular formula is C15H19F3N2O2S. The van der Waals surface area contributed by atoms with Crippen molar-refractivity contribution in [2.24, 2.45) is 0 Å². The van der Waals surface area contributed by atoms with Crippen molar-refractivity contribution in [3.8, 4) is 0 Å². The molecule has 0 saturated carbocycles. The zero-order valence-electron chi connectivity index (χ0n) is 12.6. The van der Waals surface area contributed by atoms with Crippen molar-refractivity contribution in [2.45, 2.75) is 17.2 Å². The van der Waals surface area contributed by atoms with Gasteiger partial charge in [0.15, 0.2) is 6.10 Å². The molecule has 8 heteroatoms. The number of nitrogens with zero attached hydrogens (tertiary/aromatic N) is 1. The standard InChI is InChI=1S/C15H19F3N2O2S/c1-3-8-23-12-7-5-4-6-11(12)19-14(22)10-20(2)9-13(21)15(16,17)18/h3-7,13,21H,1,8-10H2,2H3,(H,19,22). The number of para-hydroxylation sites is 1. The lowest BCUT2D eigenvalue weighted by molar-refractivity contribution is -0.207. The van der Waals surface area contributed by atoms with Gasteiger partial charge < -0.3 is 10.4 Å². The number of likely N-dealkylation sites (N-methyl/N-ethyl adjacent to an activating group) is 1. The van der Waals surface area contributed by atoms with Gasteiger partial charge in [-0.1, -0.05) is 18.2 Å². The van der Waals surface area contributed by atoms with Crippen LogP contribution >= 0.6 is 11.8 Å². The Morgan fingerprint density at radius 2 is 2.13 bits per heavy atom. The van der Waals surface area contributed by atoms with Crippen LogP contribution in [0.5, 0.6) is 0 Å². The van der Waals surface area contributed by atoms with E-state index in [1.54, 1.807) is 18.2 Å². The molecule has 1 unspecified atom stereocenters. The van der Waals surface area contributed by atoms with E-state index < -0.39 is 24.7 Å². The lowest BCUT2D eigenvalue weighted by atomic mass is 10.3. The zero-order chi connectivity index (χ0) is 17.5. The van der Waals surface area contributed by atoms with E-state index in [1.807, 2.05) is 12.1 Å². The molecular weight excluding hydrogens is 329 g/mol. The molecule has 0 aliphatic carbocycles. The molecule has 1 atom stereocenters. The number of amides is 1. The fraction of sp³-hybridized carbons (Fsp3) is 0.400. The van der Waals surface area contributed by atoms with Crippen molar-refractivity contribution in [2.75, 3.05) is 31.2 Å². The molecule has 2 N–H and O–H groups in total. The molecule has 1 aromatic carbocycles. The Kier molecular flexibility index (Phi) is 7.60. The van der Waals surface area contributed by atoms with E-state index in [2.05, 4.69) is 11.9 Å². The van der Waals surface area contributed by atoms with E-state index in [-0.39, 0.29) is 6.54 Å². The van der Waals surface area contributed by atoms with E-state index in [0.717, 1.165) is 9.80 Å². The number of benzene rings is 1. The second-order valence-electron chi connectivity index (χ2n) is 4.90. The highest BCUT2D eigenvalue weighted by Crippen LogP contribution is 2.27. The van der Waals surface area contributed by atoms with E-state index in [1.165, 1.54) is 18.8 Å². The van der Waals surface area contributed by atoms with Crippen LogP contribution in [0.2, 0.25) is 0 Å². The molecule has 0 aromatic heterocycles. The maximum Gasteiger partial charge on any atom is 0.415 e. The van der Waals surface area contributed by atoms with Gasteiger partial charge in [-0.05, 0) is 19.2 Å². The molecule has 128 valence electrons. The maximum atomic E-state index is 12.3. The number of hydrogen-bond acceptors (Lipinski definition) is 4. The highest BCUT2D eigenvalue weighted by Gasteiger charge is 2.38. The summed E-state index contributed by atoms with van der Waals surface area (Å²) in [5.74, 6) is 0.221. The predicted molar refractivity (Wildman–Crippen MR) is 85.6 cm³/mol. The summed E-state index contributed by atoms with van der Waals surface area (Å²) in [6.07, 6.45) is -5.44. The molecule has 0 radical (unpaired) electrons. The summed E-state index contributed by atoms with van der Waals surface area (Å²) in [6, 6.07) is 7.13. The minimum atomic E-state index is -4.70. The zero-order valence-corrected chi connectivity index (χ0v) is 13.5. The van der Waals surface area contributed by atoms with Gasteiger partial charge in [-0.3, -0.25) is 9.69 Å². The van der Waals surface area contributed by atoms with E-state index >= 15 is 0 Å². The number of rotatable bonds is 8. The minimum Gasteiger partial charge on any atom is -0.382 e. The number of carbonyl (C=O) groups is 1. The third-order valence-corrected chi connectivity index (χ3v) is 3.86. The van der Waals surface area contributed by atoms with Crippen molar-refractivity contribution in [3.63, 3.8) is 0 Å². The number of alkyl halides is 3. The lowest BCUT2D eigenvalue weighted by Gasteiger charge is -2.22. The minimum absolute atomic E-state index is 0.256. The van der Waals surface area contributed by atoms with Crippen LogP contribution in [0, 0.1) is 0 Å². The first-order chi connectivity index (χ1) is 10.7. The number of nitrogens with one attached hydrogen (secondary N) is 1. The van der Waals surface area contributed by atoms with Gasteiger partial charge in [0.2, 0.25) is 5.91 Å². The van der Waals surface area contributed by atoms with Gasteiger partial charge in [0, 0.05) is 17.2 Å². The largest absolute Gasteiger partial charge is 0.415 e. The Morgan fingerprint density at radius 1 is 1.48 bits per heavy atom. The molecule has 0 aliphatic rings. The summed E-state index contributed by atoms with van der Waals surface area (Å²) in [4.78, 5) is 13.9. The highest BCUT2D eigenvalue weighted by molar-refractivity contribution is 7.99. The van der Waals surface area contributed by atoms with Crippen molar-refractivity contribution >= 4 is 23.4 Å². The van der Waals surface area contributed by atoms with E-state index in [9.17, 15) is 18.0 Å². The lowest BCUT2D eigenvalue weighted by Crippen LogP contribution is -2.42. The van der Waals surface area contributed by atoms with Crippen LogP contribution < -0.4 is 5.32 Å². The van der Waals surface area contributed by atoms with Gasteiger partial charge in [-0.25, -0.2) is 0 Å². The molecule has 0 fully saturated rings. The van der Waals surface area contributed by atoms with Crippen LogP contribution in [-0.4, -0.2) is 54.1 Å². The Bertz CT molecular complexity index is 538. The Balaban J connectivity index is 2.58. The number of thioether (sulfide) groups is 1. The van der Waals surface area contributed by atoms with Crippen LogP contribution in [0.25, 0.3) is 0 Å². The molecule has 1 aromatic rings. The van der Waals surface area contributed by atoms with Gasteiger partial charge in [-0.15, -0.1) is 18.3 Å².